The van der Waals surface area contributed by atoms with Crippen LogP contribution in [0.1, 0.15) is 13.3 Å². The van der Waals surface area contributed by atoms with Crippen molar-refractivity contribution in [2.75, 3.05) is 0 Å². The number of aliphatic hydroxyl groups excluding tert-OH is 1. The molecule has 0 bridgehead atoms. The van der Waals surface area contributed by atoms with Gasteiger partial charge in [0.25, 0.3) is 0 Å². The number of rotatable bonds is 0. The van der Waals surface area contributed by atoms with Crippen LogP contribution in [0.2, 0.25) is 0 Å². The van der Waals surface area contributed by atoms with E-state index in [0.717, 1.165) is 6.42 Å². The molecule has 0 spiro atoms. The molecule has 1 aliphatic heterocycles. The Morgan fingerprint density at radius 1 is 1.78 bits per heavy atom. The minimum atomic E-state index is 0.280. The summed E-state index contributed by atoms with van der Waals surface area (Å²) in [6, 6.07) is 0. The van der Waals surface area contributed by atoms with Crippen molar-refractivity contribution in [3.8, 4) is 0 Å². The Morgan fingerprint density at radius 2 is 2.56 bits per heavy atom. The number of nitrogens with zero attached hydrogens (tertiary/aromatic N) is 1. The van der Waals surface area contributed by atoms with Crippen LogP contribution in [-0.4, -0.2) is 11.3 Å². The van der Waals surface area contributed by atoms with Crippen molar-refractivity contribution in [3.05, 3.63) is 23.6 Å². The molecule has 0 unspecified atom stereocenters. The highest BCUT2D eigenvalue weighted by atomic mass is 16.3. The average Bonchev–Trinajstić information content (AvgIpc) is 1.90. The van der Waals surface area contributed by atoms with Crippen LogP contribution in [0, 0.1) is 0 Å². The Kier molecular flexibility index (Phi) is 1.68. The molecule has 9 heavy (non-hydrogen) atoms. The van der Waals surface area contributed by atoms with Gasteiger partial charge in [-0.1, -0.05) is 6.08 Å². The molecule has 0 radical (unpaired) electrons. The second kappa shape index (κ2) is 2.49. The van der Waals surface area contributed by atoms with Gasteiger partial charge in [0.15, 0.2) is 0 Å². The molecule has 0 aromatic rings. The maximum atomic E-state index is 8.89. The average molecular weight is 123 g/mol. The fourth-order valence-electron chi connectivity index (χ4n) is 0.649. The predicted octanol–water partition coefficient (Wildman–Crippen LogP) is 1.81. The lowest BCUT2D eigenvalue weighted by atomic mass is 10.2. The van der Waals surface area contributed by atoms with E-state index in [9.17, 15) is 0 Å². The largest absolute Gasteiger partial charge is 0.510 e. The van der Waals surface area contributed by atoms with E-state index in [2.05, 4.69) is 4.99 Å². The second-order valence-corrected chi connectivity index (χ2v) is 1.92. The molecule has 1 aliphatic rings. The van der Waals surface area contributed by atoms with E-state index in [0.29, 0.717) is 5.70 Å². The van der Waals surface area contributed by atoms with Crippen LogP contribution in [0.3, 0.4) is 0 Å². The number of aliphatic hydroxyl groups is 1. The standard InChI is InChI=1S/C7H9NO/c1-6(9)7-4-2-3-5-8-7/h2,4-5,9H,3H2,1H3/b7-6-. The lowest BCUT2D eigenvalue weighted by Crippen LogP contribution is -1.86. The molecule has 1 rings (SSSR count). The monoisotopic (exact) mass is 123 g/mol. The number of allylic oxidation sites excluding steroid dienone is 3. The van der Waals surface area contributed by atoms with Crippen LogP contribution >= 0.6 is 0 Å². The highest BCUT2D eigenvalue weighted by Gasteiger charge is 1.95. The van der Waals surface area contributed by atoms with E-state index >= 15 is 0 Å². The van der Waals surface area contributed by atoms with Crippen molar-refractivity contribution in [2.45, 2.75) is 13.3 Å². The summed E-state index contributed by atoms with van der Waals surface area (Å²) in [5.74, 6) is 0.280. The molecular formula is C7H9NO. The number of aliphatic imine (C=N–C) groups is 1. The third-order valence-corrected chi connectivity index (χ3v) is 1.12. The van der Waals surface area contributed by atoms with Gasteiger partial charge < -0.3 is 5.11 Å². The maximum Gasteiger partial charge on any atom is 0.115 e. The van der Waals surface area contributed by atoms with Gasteiger partial charge in [0.1, 0.15) is 5.76 Å². The first-order valence-corrected chi connectivity index (χ1v) is 2.89. The van der Waals surface area contributed by atoms with Gasteiger partial charge in [0.2, 0.25) is 0 Å². The van der Waals surface area contributed by atoms with Gasteiger partial charge >= 0.3 is 0 Å². The van der Waals surface area contributed by atoms with E-state index < -0.39 is 0 Å². The lowest BCUT2D eigenvalue weighted by molar-refractivity contribution is 0.408. The highest BCUT2D eigenvalue weighted by molar-refractivity contribution is 5.64. The van der Waals surface area contributed by atoms with Gasteiger partial charge in [-0.3, -0.25) is 4.99 Å². The van der Waals surface area contributed by atoms with Crippen LogP contribution in [0.25, 0.3) is 0 Å². The van der Waals surface area contributed by atoms with E-state index in [1.807, 2.05) is 12.2 Å². The number of hydrogen-bond acceptors (Lipinski definition) is 2. The van der Waals surface area contributed by atoms with E-state index in [1.54, 1.807) is 13.1 Å². The molecule has 1 N–H and O–H groups in total. The molecule has 1 heterocycles. The molecule has 2 heteroatoms. The van der Waals surface area contributed by atoms with Crippen LogP contribution in [0.15, 0.2) is 28.6 Å². The Bertz CT molecular complexity index is 171. The van der Waals surface area contributed by atoms with Gasteiger partial charge in [-0.05, 0) is 13.0 Å². The zero-order chi connectivity index (χ0) is 6.69. The zero-order valence-electron chi connectivity index (χ0n) is 5.33. The molecule has 48 valence electrons. The third kappa shape index (κ3) is 1.42. The first kappa shape index (κ1) is 6.08. The molecule has 0 fully saturated rings. The minimum Gasteiger partial charge on any atom is -0.510 e. The van der Waals surface area contributed by atoms with E-state index in [1.165, 1.54) is 0 Å². The first-order chi connectivity index (χ1) is 4.30. The summed E-state index contributed by atoms with van der Waals surface area (Å²) in [6.07, 6.45) is 6.42. The minimum absolute atomic E-state index is 0.280. The summed E-state index contributed by atoms with van der Waals surface area (Å²) in [5.41, 5.74) is 0.668. The van der Waals surface area contributed by atoms with Gasteiger partial charge in [0, 0.05) is 12.6 Å². The SMILES string of the molecule is C/C(O)=C1\C=CCC=N1. The predicted molar refractivity (Wildman–Crippen MR) is 37.6 cm³/mol. The Morgan fingerprint density at radius 3 is 2.89 bits per heavy atom. The maximum absolute atomic E-state index is 8.89. The van der Waals surface area contributed by atoms with Crippen LogP contribution < -0.4 is 0 Å². The Balaban J connectivity index is 2.83. The Labute approximate surface area is 54.2 Å². The third-order valence-electron chi connectivity index (χ3n) is 1.12. The van der Waals surface area contributed by atoms with Crippen molar-refractivity contribution in [3.63, 3.8) is 0 Å². The van der Waals surface area contributed by atoms with Crippen molar-refractivity contribution in [1.82, 2.24) is 0 Å². The summed E-state index contributed by atoms with van der Waals surface area (Å²) in [4.78, 5) is 3.95. The van der Waals surface area contributed by atoms with Gasteiger partial charge in [-0.25, -0.2) is 0 Å². The van der Waals surface area contributed by atoms with Gasteiger partial charge in [-0.2, -0.15) is 0 Å². The van der Waals surface area contributed by atoms with Gasteiger partial charge in [0.05, 0.1) is 5.70 Å². The molecule has 0 aromatic heterocycles. The quantitative estimate of drug-likeness (QED) is 0.489. The smallest absolute Gasteiger partial charge is 0.115 e. The van der Waals surface area contributed by atoms with Crippen molar-refractivity contribution < 1.29 is 5.11 Å². The summed E-state index contributed by atoms with van der Waals surface area (Å²) in [7, 11) is 0. The molecule has 0 saturated heterocycles. The van der Waals surface area contributed by atoms with Crippen molar-refractivity contribution in [1.29, 1.82) is 0 Å². The summed E-state index contributed by atoms with van der Waals surface area (Å²) >= 11 is 0. The highest BCUT2D eigenvalue weighted by Crippen LogP contribution is 2.07. The molecule has 0 aromatic carbocycles. The summed E-state index contributed by atoms with van der Waals surface area (Å²) in [5, 5.41) is 8.89. The normalized spacial score (nSPS) is 22.3. The fourth-order valence-corrected chi connectivity index (χ4v) is 0.649. The molecule has 0 saturated carbocycles. The Hall–Kier alpha value is -1.05. The van der Waals surface area contributed by atoms with Gasteiger partial charge in [-0.15, -0.1) is 0 Å². The number of hydrogen-bond donors (Lipinski definition) is 1. The molecule has 0 amide bonds. The summed E-state index contributed by atoms with van der Waals surface area (Å²) < 4.78 is 0. The molecule has 2 nitrogen and oxygen atoms in total. The van der Waals surface area contributed by atoms with Crippen molar-refractivity contribution >= 4 is 6.21 Å². The lowest BCUT2D eigenvalue weighted by Gasteiger charge is -1.98. The topological polar surface area (TPSA) is 32.6 Å². The van der Waals surface area contributed by atoms with E-state index in [4.69, 9.17) is 5.11 Å². The molecular weight excluding hydrogens is 114 g/mol. The van der Waals surface area contributed by atoms with E-state index in [-0.39, 0.29) is 5.76 Å². The molecule has 0 aliphatic carbocycles. The van der Waals surface area contributed by atoms with Crippen molar-refractivity contribution in [2.24, 2.45) is 4.99 Å². The van der Waals surface area contributed by atoms with Crippen LogP contribution in [0.5, 0.6) is 0 Å². The molecule has 0 atom stereocenters. The van der Waals surface area contributed by atoms with Crippen LogP contribution in [0.4, 0.5) is 0 Å². The second-order valence-electron chi connectivity index (χ2n) is 1.92. The van der Waals surface area contributed by atoms with Crippen LogP contribution in [-0.2, 0) is 0 Å². The summed E-state index contributed by atoms with van der Waals surface area (Å²) in [6.45, 7) is 1.63. The zero-order valence-corrected chi connectivity index (χ0v) is 5.33. The number of dihydropyridines is 1. The fraction of sp³-hybridized carbons (Fsp3) is 0.286. The first-order valence-electron chi connectivity index (χ1n) is 2.89.